The molecule has 2 saturated heterocycles. The fourth-order valence-electron chi connectivity index (χ4n) is 5.37. The molecule has 14 heteroatoms. The number of carbonyl (C=O) groups is 1. The second-order valence-corrected chi connectivity index (χ2v) is 12.3. The number of nitrogens with one attached hydrogen (secondary N) is 2. The van der Waals surface area contributed by atoms with Crippen LogP contribution in [0.25, 0.3) is 0 Å². The summed E-state index contributed by atoms with van der Waals surface area (Å²) in [6.45, 7) is 1.38. The zero-order valence-electron chi connectivity index (χ0n) is 21.7. The van der Waals surface area contributed by atoms with E-state index in [1.807, 2.05) is 17.0 Å². The molecule has 2 aliphatic rings. The van der Waals surface area contributed by atoms with Gasteiger partial charge in [0.25, 0.3) is 0 Å². The third kappa shape index (κ3) is 6.61. The zero-order valence-corrected chi connectivity index (χ0v) is 22.5. The number of carbonyl (C=O) groups excluding carboxylic acids is 1. The third-order valence-electron chi connectivity index (χ3n) is 7.49. The lowest BCUT2D eigenvalue weighted by Crippen LogP contribution is -2.74. The van der Waals surface area contributed by atoms with E-state index in [0.717, 1.165) is 11.8 Å². The van der Waals surface area contributed by atoms with Gasteiger partial charge in [0.05, 0.1) is 47.7 Å². The Balaban J connectivity index is 1.66. The molecule has 1 amide bonds. The molecule has 4 rings (SSSR count). The van der Waals surface area contributed by atoms with Gasteiger partial charge in [-0.05, 0) is 49.1 Å². The minimum atomic E-state index is -4.99. The van der Waals surface area contributed by atoms with Gasteiger partial charge in [0, 0.05) is 13.1 Å². The Morgan fingerprint density at radius 2 is 1.62 bits per heavy atom. The maximum absolute atomic E-state index is 13.4. The van der Waals surface area contributed by atoms with Crippen molar-refractivity contribution in [2.45, 2.75) is 49.3 Å². The number of amides is 1. The quantitative estimate of drug-likeness (QED) is 0.448. The average molecular weight is 594 g/mol. The van der Waals surface area contributed by atoms with E-state index in [0.29, 0.717) is 25.0 Å². The Morgan fingerprint density at radius 3 is 2.17 bits per heavy atom. The summed E-state index contributed by atoms with van der Waals surface area (Å²) in [5, 5.41) is 2.89. The highest BCUT2D eigenvalue weighted by Gasteiger charge is 2.53. The molecule has 4 atom stereocenters. The third-order valence-corrected chi connectivity index (χ3v) is 8.16. The second-order valence-electron chi connectivity index (χ2n) is 10.5. The number of nitrogens with zero attached hydrogens (tertiary/aromatic N) is 1. The van der Waals surface area contributed by atoms with Crippen LogP contribution in [-0.2, 0) is 37.4 Å². The predicted molar refractivity (Wildman–Crippen MR) is 133 cm³/mol. The summed E-state index contributed by atoms with van der Waals surface area (Å²) in [4.78, 5) is 14.6. The molecule has 2 N–H and O–H groups in total. The van der Waals surface area contributed by atoms with E-state index in [-0.39, 0.29) is 43.8 Å². The molecule has 0 spiro atoms. The minimum absolute atomic E-state index is 0.0410. The highest BCUT2D eigenvalue weighted by Crippen LogP contribution is 2.44. The van der Waals surface area contributed by atoms with Crippen molar-refractivity contribution in [2.75, 3.05) is 32.5 Å². The Morgan fingerprint density at radius 1 is 1.02 bits per heavy atom. The number of sulfonamides is 1. The maximum Gasteiger partial charge on any atom is 0.416 e. The van der Waals surface area contributed by atoms with Crippen molar-refractivity contribution in [3.8, 4) is 0 Å². The minimum Gasteiger partial charge on any atom is -0.372 e. The van der Waals surface area contributed by atoms with E-state index in [9.17, 15) is 39.6 Å². The molecule has 2 heterocycles. The molecule has 2 aliphatic heterocycles. The monoisotopic (exact) mass is 593 g/mol. The molecule has 7 nitrogen and oxygen atoms in total. The topological polar surface area (TPSA) is 87.7 Å². The number of benzene rings is 2. The van der Waals surface area contributed by atoms with Crippen molar-refractivity contribution in [3.63, 3.8) is 0 Å². The van der Waals surface area contributed by atoms with Crippen LogP contribution >= 0.6 is 0 Å². The predicted octanol–water partition coefficient (Wildman–Crippen LogP) is 4.21. The smallest absolute Gasteiger partial charge is 0.372 e. The van der Waals surface area contributed by atoms with Crippen LogP contribution in [0.1, 0.15) is 48.1 Å². The van der Waals surface area contributed by atoms with Crippen LogP contribution in [0.5, 0.6) is 0 Å². The molecule has 220 valence electrons. The Bertz CT molecular complexity index is 1320. The zero-order chi connectivity index (χ0) is 29.6. The van der Waals surface area contributed by atoms with Gasteiger partial charge in [0.2, 0.25) is 15.9 Å². The van der Waals surface area contributed by atoms with Crippen molar-refractivity contribution in [3.05, 3.63) is 70.8 Å². The molecule has 0 radical (unpaired) electrons. The van der Waals surface area contributed by atoms with Crippen LogP contribution in [0.3, 0.4) is 0 Å². The number of ether oxygens (including phenoxy) is 1. The normalized spacial score (nSPS) is 26.3. The largest absolute Gasteiger partial charge is 0.416 e. The molecule has 1 unspecified atom stereocenters. The molecule has 0 aromatic heterocycles. The van der Waals surface area contributed by atoms with Gasteiger partial charge in [-0.25, -0.2) is 13.1 Å². The fourth-order valence-corrected chi connectivity index (χ4v) is 5.91. The first kappa shape index (κ1) is 30.3. The molecule has 2 fully saturated rings. The summed E-state index contributed by atoms with van der Waals surface area (Å²) < 4.78 is 112. The van der Waals surface area contributed by atoms with Crippen LogP contribution in [0, 0.1) is 0 Å². The van der Waals surface area contributed by atoms with E-state index in [1.54, 1.807) is 18.2 Å². The SMILES string of the molecule is C[C@@H](OC[C@@]1(c2ccccc2)CC[C@]2(CNS(C)(=O)=O)CN1CC(=O)N2)c1cc(C(F)(F)F)cc(C(F)(F)F)c1. The van der Waals surface area contributed by atoms with E-state index in [4.69, 9.17) is 4.74 Å². The highest BCUT2D eigenvalue weighted by atomic mass is 32.2. The van der Waals surface area contributed by atoms with Crippen LogP contribution in [0.4, 0.5) is 26.3 Å². The number of alkyl halides is 6. The van der Waals surface area contributed by atoms with Crippen molar-refractivity contribution >= 4 is 15.9 Å². The highest BCUT2D eigenvalue weighted by molar-refractivity contribution is 7.88. The summed E-state index contributed by atoms with van der Waals surface area (Å²) in [5.41, 5.74) is -4.24. The number of piperidine rings is 1. The molecular formula is C26H29F6N3O4S. The summed E-state index contributed by atoms with van der Waals surface area (Å²) in [6, 6.07) is 10.3. The van der Waals surface area contributed by atoms with Crippen LogP contribution in [0.2, 0.25) is 0 Å². The van der Waals surface area contributed by atoms with Crippen molar-refractivity contribution in [1.29, 1.82) is 0 Å². The first-order valence-corrected chi connectivity index (χ1v) is 14.3. The number of piperazine rings is 1. The van der Waals surface area contributed by atoms with Crippen LogP contribution in [-0.4, -0.2) is 57.3 Å². The summed E-state index contributed by atoms with van der Waals surface area (Å²) in [6.07, 6.45) is -9.42. The first-order valence-electron chi connectivity index (χ1n) is 12.4. The fraction of sp³-hybridized carbons (Fsp3) is 0.500. The van der Waals surface area contributed by atoms with Gasteiger partial charge in [-0.1, -0.05) is 30.3 Å². The molecule has 2 aromatic rings. The molecule has 0 saturated carbocycles. The van der Waals surface area contributed by atoms with E-state index in [1.165, 1.54) is 6.92 Å². The lowest BCUT2D eigenvalue weighted by Gasteiger charge is -2.57. The van der Waals surface area contributed by atoms with E-state index >= 15 is 0 Å². The molecule has 2 bridgehead atoms. The number of fused-ring (bicyclic) bond motifs is 2. The van der Waals surface area contributed by atoms with Gasteiger partial charge in [-0.2, -0.15) is 26.3 Å². The van der Waals surface area contributed by atoms with Gasteiger partial charge in [0.15, 0.2) is 0 Å². The first-order chi connectivity index (χ1) is 18.4. The number of hydrogen-bond acceptors (Lipinski definition) is 5. The number of rotatable bonds is 8. The van der Waals surface area contributed by atoms with Gasteiger partial charge in [-0.15, -0.1) is 0 Å². The molecule has 0 aliphatic carbocycles. The number of halogens is 6. The molecule has 2 aromatic carbocycles. The van der Waals surface area contributed by atoms with Crippen LogP contribution in [0.15, 0.2) is 48.5 Å². The van der Waals surface area contributed by atoms with Gasteiger partial charge >= 0.3 is 12.4 Å². The maximum atomic E-state index is 13.4. The lowest BCUT2D eigenvalue weighted by molar-refractivity contribution is -0.143. The number of hydrogen-bond donors (Lipinski definition) is 2. The van der Waals surface area contributed by atoms with Crippen molar-refractivity contribution < 1.29 is 44.3 Å². The summed E-state index contributed by atoms with van der Waals surface area (Å²) in [5.74, 6) is -0.345. The average Bonchev–Trinajstić information content (AvgIpc) is 2.86. The lowest BCUT2D eigenvalue weighted by atomic mass is 9.73. The van der Waals surface area contributed by atoms with E-state index in [2.05, 4.69) is 10.0 Å². The van der Waals surface area contributed by atoms with Crippen molar-refractivity contribution in [2.24, 2.45) is 0 Å². The Labute approximate surface area is 227 Å². The van der Waals surface area contributed by atoms with Crippen LogP contribution < -0.4 is 10.0 Å². The van der Waals surface area contributed by atoms with Gasteiger partial charge < -0.3 is 10.1 Å². The molecule has 40 heavy (non-hydrogen) atoms. The Kier molecular flexibility index (Phi) is 8.04. The van der Waals surface area contributed by atoms with E-state index < -0.39 is 50.7 Å². The van der Waals surface area contributed by atoms with Gasteiger partial charge in [0.1, 0.15) is 0 Å². The second kappa shape index (κ2) is 10.6. The summed E-state index contributed by atoms with van der Waals surface area (Å²) in [7, 11) is -3.55. The summed E-state index contributed by atoms with van der Waals surface area (Å²) >= 11 is 0. The Hall–Kier alpha value is -2.68. The van der Waals surface area contributed by atoms with Crippen molar-refractivity contribution in [1.82, 2.24) is 14.9 Å². The molecular weight excluding hydrogens is 564 g/mol. The van der Waals surface area contributed by atoms with Gasteiger partial charge in [-0.3, -0.25) is 9.69 Å². The standard InChI is InChI=1S/C26H29F6N3O4S/c1-17(18-10-20(25(27,28)29)12-21(11-18)26(30,31)32)39-16-24(19-6-4-3-5-7-19)9-8-23(14-33-40(2,37)38)15-35(24)13-22(36)34-23/h3-7,10-12,17,33H,8-9,13-16H2,1-2H3,(H,34,36)/t17-,23+,24-/m1/s1.